The first-order chi connectivity index (χ1) is 8.27. The number of carbonyl (C=O) groups is 1. The van der Waals surface area contributed by atoms with Crippen molar-refractivity contribution in [1.29, 1.82) is 5.26 Å². The van der Waals surface area contributed by atoms with Crippen LogP contribution >= 0.6 is 0 Å². The largest absolute Gasteiger partial charge is 0.300 e. The predicted octanol–water partition coefficient (Wildman–Crippen LogP) is 2.79. The van der Waals surface area contributed by atoms with Gasteiger partial charge in [-0.2, -0.15) is 5.26 Å². The summed E-state index contributed by atoms with van der Waals surface area (Å²) in [5, 5.41) is 9.28. The van der Waals surface area contributed by atoms with Gasteiger partial charge in [-0.05, 0) is 25.0 Å². The SMILES string of the molecule is C=C.N#CC1(c2ccccn2)CCC(=O)CC1. The standard InChI is InChI=1S/C12H12N2O.C2H4/c13-9-12(6-4-10(15)5-7-12)11-3-1-2-8-14-11;1-2/h1-3,8H,4-7H2;1-2H2. The molecular formula is C14H16N2O. The van der Waals surface area contributed by atoms with E-state index in [2.05, 4.69) is 24.2 Å². The summed E-state index contributed by atoms with van der Waals surface area (Å²) in [6.07, 6.45) is 3.93. The van der Waals surface area contributed by atoms with Crippen molar-refractivity contribution in [3.05, 3.63) is 43.2 Å². The topological polar surface area (TPSA) is 53.8 Å². The quantitative estimate of drug-likeness (QED) is 0.694. The van der Waals surface area contributed by atoms with Crippen LogP contribution in [0.2, 0.25) is 0 Å². The molecule has 0 atom stereocenters. The smallest absolute Gasteiger partial charge is 0.133 e. The van der Waals surface area contributed by atoms with Crippen LogP contribution in [0.5, 0.6) is 0 Å². The first-order valence-electron chi connectivity index (χ1n) is 5.61. The molecule has 1 heterocycles. The van der Waals surface area contributed by atoms with Crippen LogP contribution < -0.4 is 0 Å². The van der Waals surface area contributed by atoms with E-state index in [4.69, 9.17) is 0 Å². The van der Waals surface area contributed by atoms with Crippen molar-refractivity contribution < 1.29 is 4.79 Å². The molecule has 1 aliphatic rings. The molecule has 3 heteroatoms. The van der Waals surface area contributed by atoms with Crippen molar-refractivity contribution in [1.82, 2.24) is 4.98 Å². The van der Waals surface area contributed by atoms with Gasteiger partial charge in [0.2, 0.25) is 0 Å². The van der Waals surface area contributed by atoms with Gasteiger partial charge in [0.05, 0.1) is 11.8 Å². The van der Waals surface area contributed by atoms with Gasteiger partial charge >= 0.3 is 0 Å². The Hall–Kier alpha value is -1.95. The molecule has 17 heavy (non-hydrogen) atoms. The zero-order valence-corrected chi connectivity index (χ0v) is 9.85. The third kappa shape index (κ3) is 2.79. The summed E-state index contributed by atoms with van der Waals surface area (Å²) >= 11 is 0. The number of Topliss-reactive ketones (excluding diaryl/α,β-unsaturated/α-hetero) is 1. The van der Waals surface area contributed by atoms with Gasteiger partial charge in [0, 0.05) is 19.0 Å². The van der Waals surface area contributed by atoms with E-state index in [-0.39, 0.29) is 5.78 Å². The number of hydrogen-bond acceptors (Lipinski definition) is 3. The van der Waals surface area contributed by atoms with Gasteiger partial charge in [-0.15, -0.1) is 13.2 Å². The average Bonchev–Trinajstić information content (AvgIpc) is 2.43. The molecular weight excluding hydrogens is 212 g/mol. The third-order valence-electron chi connectivity index (χ3n) is 3.03. The lowest BCUT2D eigenvalue weighted by Gasteiger charge is -2.29. The zero-order chi connectivity index (χ0) is 12.7. The second kappa shape index (κ2) is 5.95. The number of rotatable bonds is 1. The lowest BCUT2D eigenvalue weighted by Crippen LogP contribution is -2.31. The van der Waals surface area contributed by atoms with Crippen LogP contribution in [0, 0.1) is 11.3 Å². The minimum absolute atomic E-state index is 0.261. The predicted molar refractivity (Wildman–Crippen MR) is 66.3 cm³/mol. The summed E-state index contributed by atoms with van der Waals surface area (Å²) in [7, 11) is 0. The van der Waals surface area contributed by atoms with Crippen LogP contribution in [-0.4, -0.2) is 10.8 Å². The highest BCUT2D eigenvalue weighted by molar-refractivity contribution is 5.79. The van der Waals surface area contributed by atoms with Gasteiger partial charge in [-0.1, -0.05) is 6.07 Å². The van der Waals surface area contributed by atoms with Crippen LogP contribution in [-0.2, 0) is 10.2 Å². The van der Waals surface area contributed by atoms with Crippen LogP contribution in [0.15, 0.2) is 37.6 Å². The Bertz CT molecular complexity index is 410. The average molecular weight is 228 g/mol. The monoisotopic (exact) mass is 228 g/mol. The van der Waals surface area contributed by atoms with Gasteiger partial charge < -0.3 is 0 Å². The van der Waals surface area contributed by atoms with E-state index >= 15 is 0 Å². The maximum absolute atomic E-state index is 11.2. The number of pyridine rings is 1. The van der Waals surface area contributed by atoms with Crippen LogP contribution in [0.25, 0.3) is 0 Å². The zero-order valence-electron chi connectivity index (χ0n) is 9.85. The van der Waals surface area contributed by atoms with Crippen LogP contribution in [0.1, 0.15) is 31.4 Å². The maximum Gasteiger partial charge on any atom is 0.133 e. The molecule has 1 aliphatic carbocycles. The Morgan fingerprint density at radius 3 is 2.41 bits per heavy atom. The fraction of sp³-hybridized carbons (Fsp3) is 0.357. The van der Waals surface area contributed by atoms with Gasteiger partial charge in [0.1, 0.15) is 11.2 Å². The number of nitrogens with zero attached hydrogens (tertiary/aromatic N) is 2. The number of hydrogen-bond donors (Lipinski definition) is 0. The van der Waals surface area contributed by atoms with Crippen molar-refractivity contribution in [3.63, 3.8) is 0 Å². The number of aromatic nitrogens is 1. The van der Waals surface area contributed by atoms with E-state index in [9.17, 15) is 10.1 Å². The van der Waals surface area contributed by atoms with E-state index in [1.807, 2.05) is 18.2 Å². The number of ketones is 1. The molecule has 0 radical (unpaired) electrons. The van der Waals surface area contributed by atoms with Gasteiger partial charge in [-0.25, -0.2) is 0 Å². The molecule has 0 aromatic carbocycles. The molecule has 2 rings (SSSR count). The highest BCUT2D eigenvalue weighted by Gasteiger charge is 2.37. The fourth-order valence-corrected chi connectivity index (χ4v) is 2.03. The first kappa shape index (κ1) is 13.1. The van der Waals surface area contributed by atoms with E-state index in [1.54, 1.807) is 6.20 Å². The normalized spacial score (nSPS) is 17.5. The Morgan fingerprint density at radius 1 is 1.29 bits per heavy atom. The van der Waals surface area contributed by atoms with E-state index in [0.717, 1.165) is 5.69 Å². The molecule has 88 valence electrons. The van der Waals surface area contributed by atoms with Crippen molar-refractivity contribution in [2.24, 2.45) is 0 Å². The Balaban J connectivity index is 0.000000686. The van der Waals surface area contributed by atoms with Gasteiger partial charge in [0.15, 0.2) is 0 Å². The van der Waals surface area contributed by atoms with E-state index in [1.165, 1.54) is 0 Å². The highest BCUT2D eigenvalue weighted by atomic mass is 16.1. The molecule has 1 fully saturated rings. The summed E-state index contributed by atoms with van der Waals surface area (Å²) in [4.78, 5) is 15.4. The summed E-state index contributed by atoms with van der Waals surface area (Å²) in [6, 6.07) is 7.94. The van der Waals surface area contributed by atoms with Crippen molar-refractivity contribution in [3.8, 4) is 6.07 Å². The Morgan fingerprint density at radius 2 is 1.94 bits per heavy atom. The second-order valence-electron chi connectivity index (χ2n) is 3.95. The third-order valence-corrected chi connectivity index (χ3v) is 3.03. The van der Waals surface area contributed by atoms with E-state index in [0.29, 0.717) is 25.7 Å². The number of carbonyl (C=O) groups excluding carboxylic acids is 1. The molecule has 0 saturated heterocycles. The van der Waals surface area contributed by atoms with Crippen molar-refractivity contribution in [2.75, 3.05) is 0 Å². The molecule has 0 aliphatic heterocycles. The molecule has 0 amide bonds. The summed E-state index contributed by atoms with van der Waals surface area (Å²) in [5.74, 6) is 0.261. The van der Waals surface area contributed by atoms with Crippen LogP contribution in [0.3, 0.4) is 0 Å². The minimum atomic E-state index is -0.533. The molecule has 0 unspecified atom stereocenters. The van der Waals surface area contributed by atoms with Crippen LogP contribution in [0.4, 0.5) is 0 Å². The molecule has 0 bridgehead atoms. The molecule has 1 aromatic heterocycles. The first-order valence-corrected chi connectivity index (χ1v) is 5.61. The lowest BCUT2D eigenvalue weighted by atomic mass is 9.72. The highest BCUT2D eigenvalue weighted by Crippen LogP contribution is 2.36. The summed E-state index contributed by atoms with van der Waals surface area (Å²) in [6.45, 7) is 6.00. The number of nitriles is 1. The molecule has 1 aromatic rings. The molecule has 0 spiro atoms. The minimum Gasteiger partial charge on any atom is -0.300 e. The van der Waals surface area contributed by atoms with Gasteiger partial charge in [-0.3, -0.25) is 9.78 Å². The summed E-state index contributed by atoms with van der Waals surface area (Å²) < 4.78 is 0. The molecule has 0 N–H and O–H groups in total. The second-order valence-corrected chi connectivity index (χ2v) is 3.95. The van der Waals surface area contributed by atoms with Crippen molar-refractivity contribution in [2.45, 2.75) is 31.1 Å². The summed E-state index contributed by atoms with van der Waals surface area (Å²) in [5.41, 5.74) is 0.273. The van der Waals surface area contributed by atoms with Crippen molar-refractivity contribution >= 4 is 5.78 Å². The maximum atomic E-state index is 11.2. The Kier molecular flexibility index (Phi) is 4.59. The Labute approximate surface area is 102 Å². The van der Waals surface area contributed by atoms with Gasteiger partial charge in [0.25, 0.3) is 0 Å². The van der Waals surface area contributed by atoms with E-state index < -0.39 is 5.41 Å². The fourth-order valence-electron chi connectivity index (χ4n) is 2.03. The molecule has 1 saturated carbocycles. The lowest BCUT2D eigenvalue weighted by molar-refractivity contribution is -0.121. The molecule has 3 nitrogen and oxygen atoms in total.